The van der Waals surface area contributed by atoms with Crippen molar-refractivity contribution in [3.63, 3.8) is 0 Å². The molecule has 1 aliphatic carbocycles. The van der Waals surface area contributed by atoms with Crippen LogP contribution in [0.25, 0.3) is 0 Å². The summed E-state index contributed by atoms with van der Waals surface area (Å²) in [5.74, 6) is 0. The molecule has 0 bridgehead atoms. The molecule has 0 heterocycles. The van der Waals surface area contributed by atoms with Gasteiger partial charge >= 0.3 is 0 Å². The Morgan fingerprint density at radius 3 is 2.57 bits per heavy atom. The molecule has 0 nitrogen and oxygen atoms in total. The minimum Gasteiger partial charge on any atom is -0.270 e. The number of hydrogen-bond donors (Lipinski definition) is 0. The Morgan fingerprint density at radius 1 is 1.71 bits per heavy atom. The molecule has 0 spiro atoms. The maximum atomic E-state index is 3.12. The maximum absolute atomic E-state index is 3.12. The van der Waals surface area contributed by atoms with Crippen molar-refractivity contribution in [3.05, 3.63) is 23.8 Å². The van der Waals surface area contributed by atoms with Crippen LogP contribution in [0.1, 0.15) is 13.3 Å². The van der Waals surface area contributed by atoms with E-state index in [9.17, 15) is 0 Å². The summed E-state index contributed by atoms with van der Waals surface area (Å²) >= 11 is 0. The van der Waals surface area contributed by atoms with Crippen molar-refractivity contribution in [1.29, 1.82) is 0 Å². The summed E-state index contributed by atoms with van der Waals surface area (Å²) in [4.78, 5) is 0. The summed E-state index contributed by atoms with van der Waals surface area (Å²) in [7, 11) is 0. The Morgan fingerprint density at radius 2 is 2.43 bits per heavy atom. The van der Waals surface area contributed by atoms with Gasteiger partial charge in [0, 0.05) is 22.4 Å². The molecule has 7 heavy (non-hydrogen) atoms. The number of allylic oxidation sites excluding steroid dienone is 4. The molecule has 0 saturated heterocycles. The predicted octanol–water partition coefficient (Wildman–Crippen LogP) is 1.69. The predicted molar refractivity (Wildman–Crippen MR) is 26.2 cm³/mol. The molecule has 0 saturated carbocycles. The van der Waals surface area contributed by atoms with Crippen molar-refractivity contribution in [2.24, 2.45) is 0 Å². The zero-order valence-corrected chi connectivity index (χ0v) is 6.51. The van der Waals surface area contributed by atoms with Crippen LogP contribution in [0.15, 0.2) is 17.7 Å². The molecule has 0 fully saturated rings. The van der Waals surface area contributed by atoms with Crippen LogP contribution in [0.5, 0.6) is 0 Å². The molecule has 1 heteroatoms. The largest absolute Gasteiger partial charge is 0.270 e. The van der Waals surface area contributed by atoms with E-state index >= 15 is 0 Å². The second-order valence-corrected chi connectivity index (χ2v) is 1.47. The van der Waals surface area contributed by atoms with E-state index in [0.29, 0.717) is 0 Å². The standard InChI is InChI=1S/C6H7.Nb/c1-6-4-2-3-5-6;/h2,4H,3H2,1H3;/q-1;. The van der Waals surface area contributed by atoms with E-state index in [4.69, 9.17) is 0 Å². The summed E-state index contributed by atoms with van der Waals surface area (Å²) in [5, 5.41) is 0. The zero-order chi connectivity index (χ0) is 4.41. The molecule has 0 atom stereocenters. The van der Waals surface area contributed by atoms with Crippen LogP contribution >= 0.6 is 0 Å². The van der Waals surface area contributed by atoms with Crippen LogP contribution in [0.3, 0.4) is 0 Å². The van der Waals surface area contributed by atoms with Crippen molar-refractivity contribution in [3.8, 4) is 0 Å². The monoisotopic (exact) mass is 172 g/mol. The fraction of sp³-hybridized carbons (Fsp3) is 0.333. The molecule has 0 aromatic rings. The van der Waals surface area contributed by atoms with Crippen LogP contribution in [0.4, 0.5) is 0 Å². The molecule has 0 amide bonds. The number of hydrogen-bond acceptors (Lipinski definition) is 0. The summed E-state index contributed by atoms with van der Waals surface area (Å²) in [5.41, 5.74) is 1.27. The van der Waals surface area contributed by atoms with Crippen LogP contribution in [-0.4, -0.2) is 0 Å². The number of rotatable bonds is 0. The third-order valence-electron chi connectivity index (χ3n) is 0.867. The van der Waals surface area contributed by atoms with Crippen LogP contribution < -0.4 is 0 Å². The van der Waals surface area contributed by atoms with Gasteiger partial charge in [-0.1, -0.05) is 6.92 Å². The van der Waals surface area contributed by atoms with Crippen molar-refractivity contribution < 1.29 is 22.4 Å². The first-order chi connectivity index (χ1) is 2.89. The van der Waals surface area contributed by atoms with Crippen molar-refractivity contribution in [1.82, 2.24) is 0 Å². The summed E-state index contributed by atoms with van der Waals surface area (Å²) in [6, 6.07) is 0. The van der Waals surface area contributed by atoms with Gasteiger partial charge in [0.2, 0.25) is 0 Å². The van der Waals surface area contributed by atoms with Gasteiger partial charge in [-0.2, -0.15) is 6.08 Å². The molecule has 0 aromatic heterocycles. The molecule has 1 aliphatic rings. The van der Waals surface area contributed by atoms with Gasteiger partial charge in [0.15, 0.2) is 0 Å². The average Bonchev–Trinajstić information content (AvgIpc) is 1.86. The average molecular weight is 172 g/mol. The fourth-order valence-corrected chi connectivity index (χ4v) is 0.515. The Kier molecular flexibility index (Phi) is 3.35. The quantitative estimate of drug-likeness (QED) is 0.385. The van der Waals surface area contributed by atoms with Gasteiger partial charge in [0.25, 0.3) is 0 Å². The third kappa shape index (κ3) is 2.13. The Balaban J connectivity index is 0.000000360. The van der Waals surface area contributed by atoms with E-state index in [1.165, 1.54) is 5.57 Å². The van der Waals surface area contributed by atoms with Crippen molar-refractivity contribution in [2.45, 2.75) is 13.3 Å². The first-order valence-electron chi connectivity index (χ1n) is 2.13. The fourth-order valence-electron chi connectivity index (χ4n) is 0.515. The molecular formula is C6H7Nb-. The van der Waals surface area contributed by atoms with Crippen LogP contribution in [-0.2, 0) is 22.4 Å². The van der Waals surface area contributed by atoms with Gasteiger partial charge in [0.1, 0.15) is 0 Å². The van der Waals surface area contributed by atoms with Crippen LogP contribution in [0, 0.1) is 6.08 Å². The molecule has 0 aromatic carbocycles. The first kappa shape index (κ1) is 7.22. The van der Waals surface area contributed by atoms with Gasteiger partial charge in [-0.3, -0.25) is 6.08 Å². The molecular weight excluding hydrogens is 165 g/mol. The minimum absolute atomic E-state index is 0. The summed E-state index contributed by atoms with van der Waals surface area (Å²) in [6.07, 6.45) is 8.33. The minimum atomic E-state index is 0. The maximum Gasteiger partial charge on any atom is 0 e. The van der Waals surface area contributed by atoms with Gasteiger partial charge < -0.3 is 0 Å². The smallest absolute Gasteiger partial charge is 0 e. The molecule has 0 aliphatic heterocycles. The molecule has 0 N–H and O–H groups in total. The van der Waals surface area contributed by atoms with E-state index in [1.54, 1.807) is 0 Å². The summed E-state index contributed by atoms with van der Waals surface area (Å²) in [6.45, 7) is 2.06. The van der Waals surface area contributed by atoms with Crippen molar-refractivity contribution >= 4 is 0 Å². The van der Waals surface area contributed by atoms with E-state index in [2.05, 4.69) is 25.2 Å². The Labute approximate surface area is 59.8 Å². The van der Waals surface area contributed by atoms with E-state index in [0.717, 1.165) is 6.42 Å². The molecule has 37 valence electrons. The Bertz CT molecular complexity index is 98.0. The van der Waals surface area contributed by atoms with E-state index < -0.39 is 0 Å². The van der Waals surface area contributed by atoms with Gasteiger partial charge in [0.05, 0.1) is 0 Å². The van der Waals surface area contributed by atoms with Crippen LogP contribution in [0.2, 0.25) is 0 Å². The normalized spacial score (nSPS) is 15.9. The molecule has 1 rings (SSSR count). The molecule has 1 radical (unpaired) electrons. The second kappa shape index (κ2) is 3.25. The van der Waals surface area contributed by atoms with E-state index in [-0.39, 0.29) is 22.4 Å². The second-order valence-electron chi connectivity index (χ2n) is 1.47. The van der Waals surface area contributed by atoms with Crippen molar-refractivity contribution in [2.75, 3.05) is 0 Å². The molecule has 0 unspecified atom stereocenters. The Hall–Kier alpha value is 0.220. The summed E-state index contributed by atoms with van der Waals surface area (Å²) < 4.78 is 0. The van der Waals surface area contributed by atoms with E-state index in [1.807, 2.05) is 0 Å². The first-order valence-corrected chi connectivity index (χ1v) is 2.13. The topological polar surface area (TPSA) is 0 Å². The van der Waals surface area contributed by atoms with Gasteiger partial charge in [-0.05, 0) is 0 Å². The van der Waals surface area contributed by atoms with Gasteiger partial charge in [-0.25, -0.2) is 11.6 Å². The third-order valence-corrected chi connectivity index (χ3v) is 0.867. The SMILES string of the molecule is CC1=[C-]CC=C1.[Nb]. The zero-order valence-electron chi connectivity index (χ0n) is 4.31. The van der Waals surface area contributed by atoms with Gasteiger partial charge in [-0.15, -0.1) is 6.42 Å².